The summed E-state index contributed by atoms with van der Waals surface area (Å²) in [6, 6.07) is 5.99. The summed E-state index contributed by atoms with van der Waals surface area (Å²) in [6.07, 6.45) is 5.28. The van der Waals surface area contributed by atoms with E-state index in [1.807, 2.05) is 29.9 Å². The van der Waals surface area contributed by atoms with E-state index in [1.165, 1.54) is 17.4 Å². The number of carbonyl (C=O) groups excluding carboxylic acids is 2. The lowest BCUT2D eigenvalue weighted by atomic mass is 10.0. The predicted octanol–water partition coefficient (Wildman–Crippen LogP) is 3.12. The standard InChI is InChI=1S/C19H20N4O3S/c1-3-26-19(25)23-10-8-14-15(11-20)18(27-16(14)12-23)21-17(24)7-6-13-5-4-9-22(13)2/h4-7,9H,3,8,10,12H2,1-2H3,(H,21,24). The van der Waals surface area contributed by atoms with E-state index in [2.05, 4.69) is 11.4 Å². The topological polar surface area (TPSA) is 87.4 Å². The number of amides is 2. The minimum atomic E-state index is -0.355. The first-order chi connectivity index (χ1) is 13.0. The Labute approximate surface area is 161 Å². The lowest BCUT2D eigenvalue weighted by Crippen LogP contribution is -2.35. The summed E-state index contributed by atoms with van der Waals surface area (Å²) >= 11 is 1.34. The van der Waals surface area contributed by atoms with Crippen molar-refractivity contribution in [3.05, 3.63) is 46.1 Å². The molecule has 7 nitrogen and oxygen atoms in total. The van der Waals surface area contributed by atoms with Gasteiger partial charge in [-0.15, -0.1) is 11.3 Å². The summed E-state index contributed by atoms with van der Waals surface area (Å²) in [4.78, 5) is 26.7. The Morgan fingerprint density at radius 2 is 2.30 bits per heavy atom. The van der Waals surface area contributed by atoms with Crippen molar-refractivity contribution in [1.29, 1.82) is 5.26 Å². The highest BCUT2D eigenvalue weighted by molar-refractivity contribution is 7.16. The van der Waals surface area contributed by atoms with Crippen LogP contribution in [0.4, 0.5) is 9.80 Å². The predicted molar refractivity (Wildman–Crippen MR) is 103 cm³/mol. The van der Waals surface area contributed by atoms with Gasteiger partial charge in [-0.1, -0.05) is 0 Å². The number of thiophene rings is 1. The summed E-state index contributed by atoms with van der Waals surface area (Å²) in [7, 11) is 1.90. The molecule has 2 aromatic heterocycles. The normalized spacial score (nSPS) is 13.3. The number of aryl methyl sites for hydroxylation is 1. The maximum atomic E-state index is 12.3. The molecule has 0 bridgehead atoms. The second-order valence-corrected chi connectivity index (χ2v) is 7.16. The zero-order valence-corrected chi connectivity index (χ0v) is 16.0. The maximum absolute atomic E-state index is 12.3. The van der Waals surface area contributed by atoms with Crippen LogP contribution in [-0.2, 0) is 29.5 Å². The number of ether oxygens (including phenoxy) is 1. The van der Waals surface area contributed by atoms with Crippen LogP contribution in [0.5, 0.6) is 0 Å². The zero-order valence-electron chi connectivity index (χ0n) is 15.2. The third-order valence-corrected chi connectivity index (χ3v) is 5.45. The number of rotatable bonds is 4. The van der Waals surface area contributed by atoms with E-state index in [1.54, 1.807) is 17.9 Å². The fourth-order valence-electron chi connectivity index (χ4n) is 2.94. The molecule has 0 aromatic carbocycles. The van der Waals surface area contributed by atoms with Gasteiger partial charge in [-0.3, -0.25) is 4.79 Å². The monoisotopic (exact) mass is 384 g/mol. The third kappa shape index (κ3) is 4.04. The van der Waals surface area contributed by atoms with Crippen LogP contribution in [0.25, 0.3) is 6.08 Å². The van der Waals surface area contributed by atoms with E-state index < -0.39 is 0 Å². The molecule has 0 fully saturated rings. The van der Waals surface area contributed by atoms with Crippen molar-refractivity contribution in [1.82, 2.24) is 9.47 Å². The van der Waals surface area contributed by atoms with Crippen LogP contribution in [0.3, 0.4) is 0 Å². The van der Waals surface area contributed by atoms with E-state index in [-0.39, 0.29) is 12.0 Å². The molecule has 1 aliphatic heterocycles. The molecule has 0 spiro atoms. The van der Waals surface area contributed by atoms with Crippen molar-refractivity contribution in [2.45, 2.75) is 19.9 Å². The molecule has 140 valence electrons. The first-order valence-electron chi connectivity index (χ1n) is 8.60. The SMILES string of the molecule is CCOC(=O)N1CCc2c(sc(NC(=O)C=Cc3cccn3C)c2C#N)C1. The summed E-state index contributed by atoms with van der Waals surface area (Å²) in [5, 5.41) is 12.8. The van der Waals surface area contributed by atoms with E-state index >= 15 is 0 Å². The van der Waals surface area contributed by atoms with Crippen LogP contribution < -0.4 is 5.32 Å². The van der Waals surface area contributed by atoms with Gasteiger partial charge in [0.05, 0.1) is 18.7 Å². The van der Waals surface area contributed by atoms with Crippen LogP contribution in [0, 0.1) is 11.3 Å². The molecule has 0 unspecified atom stereocenters. The Kier molecular flexibility index (Phi) is 5.62. The van der Waals surface area contributed by atoms with Gasteiger partial charge in [0, 0.05) is 36.4 Å². The molecule has 0 radical (unpaired) electrons. The number of hydrogen-bond acceptors (Lipinski definition) is 5. The average Bonchev–Trinajstić information content (AvgIpc) is 3.21. The highest BCUT2D eigenvalue weighted by atomic mass is 32.1. The van der Waals surface area contributed by atoms with E-state index in [4.69, 9.17) is 4.74 Å². The summed E-state index contributed by atoms with van der Waals surface area (Å²) < 4.78 is 6.95. The van der Waals surface area contributed by atoms with Gasteiger partial charge >= 0.3 is 6.09 Å². The van der Waals surface area contributed by atoms with Crippen molar-refractivity contribution >= 4 is 34.4 Å². The van der Waals surface area contributed by atoms with Crippen molar-refractivity contribution in [2.24, 2.45) is 7.05 Å². The van der Waals surface area contributed by atoms with Gasteiger partial charge in [0.25, 0.3) is 0 Å². The van der Waals surface area contributed by atoms with Crippen LogP contribution in [0.1, 0.15) is 28.6 Å². The molecule has 0 atom stereocenters. The first kappa shape index (κ1) is 18.7. The molecule has 2 aromatic rings. The minimum Gasteiger partial charge on any atom is -0.450 e. The Morgan fingerprint density at radius 3 is 2.96 bits per heavy atom. The fourth-order valence-corrected chi connectivity index (χ4v) is 4.16. The smallest absolute Gasteiger partial charge is 0.410 e. The third-order valence-electron chi connectivity index (χ3n) is 4.32. The molecule has 2 amide bonds. The van der Waals surface area contributed by atoms with Gasteiger partial charge in [0.15, 0.2) is 0 Å². The number of nitriles is 1. The molecule has 0 aliphatic carbocycles. The molecule has 0 saturated heterocycles. The van der Waals surface area contributed by atoms with Gasteiger partial charge in [0.1, 0.15) is 11.1 Å². The quantitative estimate of drug-likeness (QED) is 0.821. The molecule has 1 N–H and O–H groups in total. The van der Waals surface area contributed by atoms with Crippen molar-refractivity contribution in [2.75, 3.05) is 18.5 Å². The molecule has 27 heavy (non-hydrogen) atoms. The number of carbonyl (C=O) groups is 2. The maximum Gasteiger partial charge on any atom is 0.410 e. The van der Waals surface area contributed by atoms with Crippen LogP contribution in [0.15, 0.2) is 24.4 Å². The summed E-state index contributed by atoms with van der Waals surface area (Å²) in [5.41, 5.74) is 2.30. The number of nitrogens with one attached hydrogen (secondary N) is 1. The Morgan fingerprint density at radius 1 is 1.48 bits per heavy atom. The average molecular weight is 384 g/mol. The lowest BCUT2D eigenvalue weighted by molar-refractivity contribution is -0.111. The molecule has 0 saturated carbocycles. The summed E-state index contributed by atoms with van der Waals surface area (Å²) in [5.74, 6) is -0.298. The number of nitrogens with zero attached hydrogens (tertiary/aromatic N) is 3. The van der Waals surface area contributed by atoms with Crippen molar-refractivity contribution in [3.63, 3.8) is 0 Å². The zero-order chi connectivity index (χ0) is 19.4. The fraction of sp³-hybridized carbons (Fsp3) is 0.316. The minimum absolute atomic E-state index is 0.298. The summed E-state index contributed by atoms with van der Waals surface area (Å²) in [6.45, 7) is 2.98. The molecular weight excluding hydrogens is 364 g/mol. The van der Waals surface area contributed by atoms with E-state index in [0.717, 1.165) is 16.1 Å². The number of aromatic nitrogens is 1. The van der Waals surface area contributed by atoms with E-state index in [0.29, 0.717) is 36.7 Å². The molecule has 8 heteroatoms. The Balaban J connectivity index is 1.75. The molecule has 3 rings (SSSR count). The highest BCUT2D eigenvalue weighted by Crippen LogP contribution is 2.36. The lowest BCUT2D eigenvalue weighted by Gasteiger charge is -2.25. The van der Waals surface area contributed by atoms with Gasteiger partial charge in [0.2, 0.25) is 5.91 Å². The van der Waals surface area contributed by atoms with Crippen molar-refractivity contribution in [3.8, 4) is 6.07 Å². The van der Waals surface area contributed by atoms with Crippen LogP contribution in [-0.4, -0.2) is 34.6 Å². The first-order valence-corrected chi connectivity index (χ1v) is 9.41. The van der Waals surface area contributed by atoms with Gasteiger partial charge in [-0.2, -0.15) is 5.26 Å². The second kappa shape index (κ2) is 8.10. The van der Waals surface area contributed by atoms with Gasteiger partial charge in [-0.25, -0.2) is 4.79 Å². The highest BCUT2D eigenvalue weighted by Gasteiger charge is 2.27. The second-order valence-electron chi connectivity index (χ2n) is 6.06. The number of hydrogen-bond donors (Lipinski definition) is 1. The molecular formula is C19H20N4O3S. The van der Waals surface area contributed by atoms with E-state index in [9.17, 15) is 14.9 Å². The van der Waals surface area contributed by atoms with Crippen LogP contribution in [0.2, 0.25) is 0 Å². The van der Waals surface area contributed by atoms with Crippen LogP contribution >= 0.6 is 11.3 Å². The number of fused-ring (bicyclic) bond motifs is 1. The Bertz CT molecular complexity index is 935. The van der Waals surface area contributed by atoms with Gasteiger partial charge < -0.3 is 19.5 Å². The molecule has 3 heterocycles. The van der Waals surface area contributed by atoms with Crippen molar-refractivity contribution < 1.29 is 14.3 Å². The van der Waals surface area contributed by atoms with Gasteiger partial charge in [-0.05, 0) is 37.1 Å². The molecule has 1 aliphatic rings. The largest absolute Gasteiger partial charge is 0.450 e. The number of anilines is 1. The Hall–Kier alpha value is -3.05.